The number of urea groups is 1. The lowest BCUT2D eigenvalue weighted by Gasteiger charge is -2.13. The van der Waals surface area contributed by atoms with Crippen molar-refractivity contribution in [1.29, 1.82) is 0 Å². The minimum Gasteiger partial charge on any atom is -0.481 e. The fourth-order valence-electron chi connectivity index (χ4n) is 1.43. The molecule has 20 heavy (non-hydrogen) atoms. The largest absolute Gasteiger partial charge is 0.481 e. The maximum absolute atomic E-state index is 13.4. The lowest BCUT2D eigenvalue weighted by molar-refractivity contribution is -0.145. The van der Waals surface area contributed by atoms with Gasteiger partial charge in [0.15, 0.2) is 0 Å². The van der Waals surface area contributed by atoms with Crippen LogP contribution in [0.4, 0.5) is 14.9 Å². The van der Waals surface area contributed by atoms with E-state index in [1.807, 2.05) is 5.32 Å². The Kier molecular flexibility index (Phi) is 5.01. The number of carbonyl (C=O) groups excluding carboxylic acids is 1. The zero-order valence-corrected chi connectivity index (χ0v) is 10.5. The quantitative estimate of drug-likeness (QED) is 0.648. The molecule has 2 amide bonds. The molecule has 4 N–H and O–H groups in total. The van der Waals surface area contributed by atoms with Crippen molar-refractivity contribution in [3.8, 4) is 0 Å². The predicted octanol–water partition coefficient (Wildman–Crippen LogP) is 1.18. The molecular weight excluding hydrogens is 271 g/mol. The summed E-state index contributed by atoms with van der Waals surface area (Å²) in [6, 6.07) is 1.42. The molecule has 0 bridgehead atoms. The molecule has 1 aromatic carbocycles. The summed E-state index contributed by atoms with van der Waals surface area (Å²) in [5.41, 5.74) is 0.573. The summed E-state index contributed by atoms with van der Waals surface area (Å²) in [6.45, 7) is 1.69. The maximum Gasteiger partial charge on any atom is 0.326 e. The first-order valence-corrected chi connectivity index (χ1v) is 5.58. The highest BCUT2D eigenvalue weighted by atomic mass is 19.1. The normalized spacial score (nSPS) is 11.5. The summed E-state index contributed by atoms with van der Waals surface area (Å²) in [4.78, 5) is 32.7. The van der Waals surface area contributed by atoms with Gasteiger partial charge in [-0.25, -0.2) is 14.0 Å². The Hall–Kier alpha value is -2.64. The number of anilines is 1. The molecule has 0 aliphatic heterocycles. The zero-order chi connectivity index (χ0) is 15.3. The number of amides is 2. The van der Waals surface area contributed by atoms with Crippen LogP contribution in [0.1, 0.15) is 12.0 Å². The van der Waals surface area contributed by atoms with Crippen molar-refractivity contribution in [2.24, 2.45) is 0 Å². The predicted molar refractivity (Wildman–Crippen MR) is 67.0 cm³/mol. The van der Waals surface area contributed by atoms with Crippen molar-refractivity contribution in [3.05, 3.63) is 29.6 Å². The number of carbonyl (C=O) groups is 3. The maximum atomic E-state index is 13.4. The molecule has 0 aromatic heterocycles. The Morgan fingerprint density at radius 2 is 1.95 bits per heavy atom. The molecular formula is C12H13FN2O5. The molecule has 0 spiro atoms. The molecule has 0 aliphatic carbocycles. The molecule has 0 saturated carbocycles. The molecule has 1 aromatic rings. The minimum absolute atomic E-state index is 0.123. The van der Waals surface area contributed by atoms with Gasteiger partial charge in [-0.05, 0) is 24.6 Å². The zero-order valence-electron chi connectivity index (χ0n) is 10.5. The molecule has 1 rings (SSSR count). The van der Waals surface area contributed by atoms with Gasteiger partial charge in [0.25, 0.3) is 0 Å². The number of halogens is 1. The second-order valence-electron chi connectivity index (χ2n) is 4.07. The van der Waals surface area contributed by atoms with E-state index in [4.69, 9.17) is 10.2 Å². The van der Waals surface area contributed by atoms with Crippen molar-refractivity contribution in [1.82, 2.24) is 5.32 Å². The van der Waals surface area contributed by atoms with Gasteiger partial charge in [-0.2, -0.15) is 0 Å². The fraction of sp³-hybridized carbons (Fsp3) is 0.250. The number of hydrogen-bond donors (Lipinski definition) is 4. The highest BCUT2D eigenvalue weighted by molar-refractivity contribution is 5.93. The molecule has 108 valence electrons. The summed E-state index contributed by atoms with van der Waals surface area (Å²) in [7, 11) is 0. The van der Waals surface area contributed by atoms with Gasteiger partial charge < -0.3 is 20.8 Å². The average Bonchev–Trinajstić information content (AvgIpc) is 2.32. The van der Waals surface area contributed by atoms with Crippen LogP contribution in [0.2, 0.25) is 0 Å². The van der Waals surface area contributed by atoms with Gasteiger partial charge >= 0.3 is 18.0 Å². The second-order valence-corrected chi connectivity index (χ2v) is 4.07. The van der Waals surface area contributed by atoms with E-state index in [2.05, 4.69) is 5.32 Å². The van der Waals surface area contributed by atoms with Crippen LogP contribution in [0.5, 0.6) is 0 Å². The van der Waals surface area contributed by atoms with Gasteiger partial charge in [0.05, 0.1) is 12.1 Å². The van der Waals surface area contributed by atoms with Gasteiger partial charge in [-0.1, -0.05) is 6.07 Å². The van der Waals surface area contributed by atoms with E-state index in [-0.39, 0.29) is 5.69 Å². The van der Waals surface area contributed by atoms with Crippen LogP contribution >= 0.6 is 0 Å². The Morgan fingerprint density at radius 1 is 1.30 bits per heavy atom. The van der Waals surface area contributed by atoms with E-state index in [1.54, 1.807) is 6.92 Å². The Balaban J connectivity index is 2.72. The van der Waals surface area contributed by atoms with Crippen LogP contribution in [0, 0.1) is 12.7 Å². The lowest BCUT2D eigenvalue weighted by atomic mass is 10.2. The monoisotopic (exact) mass is 284 g/mol. The van der Waals surface area contributed by atoms with Gasteiger partial charge in [-0.3, -0.25) is 4.79 Å². The number of rotatable bonds is 5. The molecule has 7 nitrogen and oxygen atoms in total. The standard InChI is InChI=1S/C12H13FN2O5/c1-6-2-3-7(13)8(4-6)14-12(20)15-9(11(18)19)5-10(16)17/h2-4,9H,5H2,1H3,(H,16,17)(H,18,19)(H2,14,15,20)/t9-/m0/s1. The number of nitrogens with one attached hydrogen (secondary N) is 2. The molecule has 0 radical (unpaired) electrons. The molecule has 0 saturated heterocycles. The van der Waals surface area contributed by atoms with E-state index in [1.165, 1.54) is 12.1 Å². The second kappa shape index (κ2) is 6.50. The van der Waals surface area contributed by atoms with Crippen LogP contribution in [-0.2, 0) is 9.59 Å². The van der Waals surface area contributed by atoms with Gasteiger partial charge in [0.2, 0.25) is 0 Å². The third kappa shape index (κ3) is 4.56. The van der Waals surface area contributed by atoms with Crippen molar-refractivity contribution in [2.75, 3.05) is 5.32 Å². The number of hydrogen-bond acceptors (Lipinski definition) is 3. The Morgan fingerprint density at radius 3 is 2.50 bits per heavy atom. The minimum atomic E-state index is -1.60. The summed E-state index contributed by atoms with van der Waals surface area (Å²) in [6.07, 6.45) is -0.779. The fourth-order valence-corrected chi connectivity index (χ4v) is 1.43. The molecule has 1 atom stereocenters. The average molecular weight is 284 g/mol. The Bertz CT molecular complexity index is 547. The van der Waals surface area contributed by atoms with E-state index in [0.29, 0.717) is 5.56 Å². The Labute approximate surface area is 113 Å². The van der Waals surface area contributed by atoms with Crippen molar-refractivity contribution in [2.45, 2.75) is 19.4 Å². The van der Waals surface area contributed by atoms with E-state index < -0.39 is 36.2 Å². The first-order valence-electron chi connectivity index (χ1n) is 5.58. The van der Waals surface area contributed by atoms with Crippen LogP contribution in [0.25, 0.3) is 0 Å². The van der Waals surface area contributed by atoms with Crippen LogP contribution in [0.15, 0.2) is 18.2 Å². The third-order valence-corrected chi connectivity index (χ3v) is 2.35. The number of carboxylic acids is 2. The van der Waals surface area contributed by atoms with E-state index >= 15 is 0 Å². The number of carboxylic acid groups (broad SMARTS) is 2. The van der Waals surface area contributed by atoms with Crippen molar-refractivity contribution >= 4 is 23.7 Å². The van der Waals surface area contributed by atoms with Gasteiger partial charge in [0, 0.05) is 0 Å². The molecule has 0 heterocycles. The van der Waals surface area contributed by atoms with Gasteiger partial charge in [0.1, 0.15) is 11.9 Å². The van der Waals surface area contributed by atoms with Crippen LogP contribution in [0.3, 0.4) is 0 Å². The summed E-state index contributed by atoms with van der Waals surface area (Å²) >= 11 is 0. The van der Waals surface area contributed by atoms with Crippen molar-refractivity contribution < 1.29 is 29.0 Å². The number of aryl methyl sites for hydroxylation is 1. The number of aliphatic carboxylic acids is 2. The highest BCUT2D eigenvalue weighted by Crippen LogP contribution is 2.15. The van der Waals surface area contributed by atoms with E-state index in [0.717, 1.165) is 6.07 Å². The molecule has 0 aliphatic rings. The van der Waals surface area contributed by atoms with Crippen LogP contribution < -0.4 is 10.6 Å². The van der Waals surface area contributed by atoms with E-state index in [9.17, 15) is 18.8 Å². The summed E-state index contributed by atoms with van der Waals surface area (Å²) < 4.78 is 13.4. The third-order valence-electron chi connectivity index (χ3n) is 2.35. The first-order chi connectivity index (χ1) is 9.29. The lowest BCUT2D eigenvalue weighted by Crippen LogP contribution is -2.44. The first kappa shape index (κ1) is 15.4. The highest BCUT2D eigenvalue weighted by Gasteiger charge is 2.23. The SMILES string of the molecule is Cc1ccc(F)c(NC(=O)N[C@@H](CC(=O)O)C(=O)O)c1. The molecule has 0 unspecified atom stereocenters. The van der Waals surface area contributed by atoms with Crippen molar-refractivity contribution in [3.63, 3.8) is 0 Å². The number of benzene rings is 1. The topological polar surface area (TPSA) is 116 Å². The smallest absolute Gasteiger partial charge is 0.326 e. The molecule has 8 heteroatoms. The van der Waals surface area contributed by atoms with Crippen LogP contribution in [-0.4, -0.2) is 34.2 Å². The van der Waals surface area contributed by atoms with Gasteiger partial charge in [-0.15, -0.1) is 0 Å². The summed E-state index contributed by atoms with van der Waals surface area (Å²) in [5.74, 6) is -3.55. The molecule has 0 fully saturated rings. The summed E-state index contributed by atoms with van der Waals surface area (Å²) in [5, 5.41) is 21.4.